The van der Waals surface area contributed by atoms with Crippen molar-refractivity contribution in [1.29, 1.82) is 0 Å². The summed E-state index contributed by atoms with van der Waals surface area (Å²) in [6, 6.07) is 8.16. The van der Waals surface area contributed by atoms with E-state index in [2.05, 4.69) is 4.18 Å². The fourth-order valence-electron chi connectivity index (χ4n) is 1.35. The molecule has 1 aromatic rings. The molecule has 92 valence electrons. The highest BCUT2D eigenvalue weighted by atomic mass is 32.2. The van der Waals surface area contributed by atoms with Crippen LogP contribution in [0.15, 0.2) is 30.3 Å². The van der Waals surface area contributed by atoms with Crippen LogP contribution in [0.25, 0.3) is 0 Å². The predicted octanol–water partition coefficient (Wildman–Crippen LogP) is -0.0370. The van der Waals surface area contributed by atoms with Gasteiger partial charge in [0.05, 0.1) is 6.61 Å². The molecule has 0 bridgehead atoms. The number of rotatable bonds is 3. The standard InChI is InChI=1S/C10H11NO5S/c12-10(9-7-16-17(13,14)11-9)15-6-8-4-2-1-3-5-8/h1-5,9,11H,6-7H2/t9-/m0/s1. The first-order chi connectivity index (χ1) is 8.07. The summed E-state index contributed by atoms with van der Waals surface area (Å²) in [7, 11) is -3.77. The molecule has 7 heteroatoms. The van der Waals surface area contributed by atoms with Gasteiger partial charge in [-0.25, -0.2) is 0 Å². The van der Waals surface area contributed by atoms with Crippen molar-refractivity contribution in [3.63, 3.8) is 0 Å². The molecule has 2 rings (SSSR count). The molecule has 0 unspecified atom stereocenters. The fourth-order valence-corrected chi connectivity index (χ4v) is 2.24. The molecule has 1 aromatic carbocycles. The minimum Gasteiger partial charge on any atom is -0.460 e. The monoisotopic (exact) mass is 257 g/mol. The van der Waals surface area contributed by atoms with Crippen molar-refractivity contribution in [3.05, 3.63) is 35.9 Å². The molecule has 0 amide bonds. The zero-order valence-corrected chi connectivity index (χ0v) is 9.64. The van der Waals surface area contributed by atoms with Gasteiger partial charge < -0.3 is 4.74 Å². The fraction of sp³-hybridized carbons (Fsp3) is 0.300. The molecule has 1 saturated heterocycles. The Morgan fingerprint density at radius 1 is 1.41 bits per heavy atom. The molecule has 1 aliphatic heterocycles. The maximum Gasteiger partial charge on any atom is 0.336 e. The van der Waals surface area contributed by atoms with E-state index >= 15 is 0 Å². The summed E-state index contributed by atoms with van der Waals surface area (Å²) in [5, 5.41) is 0. The summed E-state index contributed by atoms with van der Waals surface area (Å²) in [6.45, 7) is -0.117. The van der Waals surface area contributed by atoms with E-state index in [0.717, 1.165) is 5.56 Å². The lowest BCUT2D eigenvalue weighted by Gasteiger charge is -2.07. The van der Waals surface area contributed by atoms with E-state index in [1.54, 1.807) is 0 Å². The van der Waals surface area contributed by atoms with Gasteiger partial charge in [-0.05, 0) is 5.56 Å². The topological polar surface area (TPSA) is 81.7 Å². The zero-order valence-electron chi connectivity index (χ0n) is 8.83. The van der Waals surface area contributed by atoms with Crippen molar-refractivity contribution in [1.82, 2.24) is 4.72 Å². The van der Waals surface area contributed by atoms with Gasteiger partial charge in [-0.1, -0.05) is 30.3 Å². The summed E-state index contributed by atoms with van der Waals surface area (Å²) in [6.07, 6.45) is 0. The molecule has 1 heterocycles. The lowest BCUT2D eigenvalue weighted by atomic mass is 10.2. The van der Waals surface area contributed by atoms with Gasteiger partial charge in [0, 0.05) is 0 Å². The smallest absolute Gasteiger partial charge is 0.336 e. The zero-order chi connectivity index (χ0) is 12.3. The summed E-state index contributed by atoms with van der Waals surface area (Å²) >= 11 is 0. The molecule has 17 heavy (non-hydrogen) atoms. The van der Waals surface area contributed by atoms with E-state index in [9.17, 15) is 13.2 Å². The highest BCUT2D eigenvalue weighted by Crippen LogP contribution is 2.07. The Morgan fingerprint density at radius 3 is 2.71 bits per heavy atom. The summed E-state index contributed by atoms with van der Waals surface area (Å²) in [5.41, 5.74) is 0.836. The van der Waals surface area contributed by atoms with Gasteiger partial charge in [-0.2, -0.15) is 13.1 Å². The van der Waals surface area contributed by atoms with Crippen molar-refractivity contribution in [2.24, 2.45) is 0 Å². The Labute approximate surface area is 98.8 Å². The van der Waals surface area contributed by atoms with Crippen LogP contribution in [-0.2, 0) is 30.6 Å². The lowest BCUT2D eigenvalue weighted by molar-refractivity contribution is -0.147. The Morgan fingerprint density at radius 2 is 2.12 bits per heavy atom. The highest BCUT2D eigenvalue weighted by molar-refractivity contribution is 7.85. The normalized spacial score (nSPS) is 22.2. The van der Waals surface area contributed by atoms with E-state index in [0.29, 0.717) is 0 Å². The maximum absolute atomic E-state index is 11.5. The van der Waals surface area contributed by atoms with Crippen LogP contribution in [-0.4, -0.2) is 27.0 Å². The number of ether oxygens (including phenoxy) is 1. The first kappa shape index (κ1) is 12.0. The van der Waals surface area contributed by atoms with Crippen LogP contribution in [0, 0.1) is 0 Å². The van der Waals surface area contributed by atoms with Gasteiger partial charge >= 0.3 is 16.3 Å². The van der Waals surface area contributed by atoms with Crippen molar-refractivity contribution in [2.45, 2.75) is 12.6 Å². The molecule has 0 aromatic heterocycles. The first-order valence-electron chi connectivity index (χ1n) is 4.94. The third-order valence-electron chi connectivity index (χ3n) is 2.18. The molecular weight excluding hydrogens is 246 g/mol. The van der Waals surface area contributed by atoms with E-state index < -0.39 is 22.3 Å². The lowest BCUT2D eigenvalue weighted by Crippen LogP contribution is -2.36. The van der Waals surface area contributed by atoms with E-state index in [-0.39, 0.29) is 13.2 Å². The third-order valence-corrected chi connectivity index (χ3v) is 3.20. The number of carbonyl (C=O) groups excluding carboxylic acids is 1. The second-order valence-corrected chi connectivity index (χ2v) is 4.88. The third kappa shape index (κ3) is 3.26. The SMILES string of the molecule is O=C(OCc1ccccc1)[C@@H]1COS(=O)(=O)N1. The Hall–Kier alpha value is -1.44. The largest absolute Gasteiger partial charge is 0.460 e. The maximum atomic E-state index is 11.5. The van der Waals surface area contributed by atoms with Crippen molar-refractivity contribution in [3.8, 4) is 0 Å². The van der Waals surface area contributed by atoms with Gasteiger partial charge in [0.25, 0.3) is 0 Å². The minimum absolute atomic E-state index is 0.109. The van der Waals surface area contributed by atoms with Crippen LogP contribution in [0.1, 0.15) is 5.56 Å². The van der Waals surface area contributed by atoms with Crippen LogP contribution in [0.5, 0.6) is 0 Å². The van der Waals surface area contributed by atoms with E-state index in [4.69, 9.17) is 4.74 Å². The Bertz CT molecular complexity index is 499. The van der Waals surface area contributed by atoms with Crippen LogP contribution >= 0.6 is 0 Å². The van der Waals surface area contributed by atoms with Gasteiger partial charge in [0.2, 0.25) is 0 Å². The minimum atomic E-state index is -3.77. The highest BCUT2D eigenvalue weighted by Gasteiger charge is 2.34. The summed E-state index contributed by atoms with van der Waals surface area (Å²) in [4.78, 5) is 11.5. The summed E-state index contributed by atoms with van der Waals surface area (Å²) < 4.78 is 33.1. The van der Waals surface area contributed by atoms with Crippen LogP contribution in [0.3, 0.4) is 0 Å². The molecule has 1 aliphatic rings. The van der Waals surface area contributed by atoms with Gasteiger partial charge in [-0.3, -0.25) is 8.98 Å². The second kappa shape index (κ2) is 4.82. The van der Waals surface area contributed by atoms with E-state index in [1.165, 1.54) is 0 Å². The van der Waals surface area contributed by atoms with Gasteiger partial charge in [0.1, 0.15) is 12.6 Å². The first-order valence-corrected chi connectivity index (χ1v) is 6.35. The molecule has 1 fully saturated rings. The molecule has 1 atom stereocenters. The predicted molar refractivity (Wildman–Crippen MR) is 58.0 cm³/mol. The van der Waals surface area contributed by atoms with Crippen molar-refractivity contribution in [2.75, 3.05) is 6.61 Å². The molecule has 0 aliphatic carbocycles. The number of hydrogen-bond acceptors (Lipinski definition) is 5. The van der Waals surface area contributed by atoms with E-state index in [1.807, 2.05) is 35.1 Å². The molecule has 0 spiro atoms. The molecule has 0 saturated carbocycles. The second-order valence-electron chi connectivity index (χ2n) is 3.50. The number of esters is 1. The Balaban J connectivity index is 1.87. The Kier molecular flexibility index (Phi) is 3.41. The van der Waals surface area contributed by atoms with Crippen molar-refractivity contribution < 1.29 is 22.1 Å². The average Bonchev–Trinajstić information content (AvgIpc) is 2.68. The molecule has 0 radical (unpaired) electrons. The molecular formula is C10H11NO5S. The molecule has 6 nitrogen and oxygen atoms in total. The average molecular weight is 257 g/mol. The van der Waals surface area contributed by atoms with Gasteiger partial charge in [-0.15, -0.1) is 0 Å². The van der Waals surface area contributed by atoms with Crippen molar-refractivity contribution >= 4 is 16.3 Å². The quantitative estimate of drug-likeness (QED) is 0.768. The van der Waals surface area contributed by atoms with Crippen LogP contribution < -0.4 is 4.72 Å². The summed E-state index contributed by atoms with van der Waals surface area (Å²) in [5.74, 6) is -0.644. The number of hydrogen-bond donors (Lipinski definition) is 1. The number of carbonyl (C=O) groups is 1. The van der Waals surface area contributed by atoms with Crippen LogP contribution in [0.4, 0.5) is 0 Å². The van der Waals surface area contributed by atoms with Gasteiger partial charge in [0.15, 0.2) is 0 Å². The number of benzene rings is 1. The molecule has 1 N–H and O–H groups in total. The van der Waals surface area contributed by atoms with Crippen LogP contribution in [0.2, 0.25) is 0 Å². The number of nitrogens with one attached hydrogen (secondary N) is 1.